The summed E-state index contributed by atoms with van der Waals surface area (Å²) >= 11 is 0. The van der Waals surface area contributed by atoms with Crippen LogP contribution in [-0.2, 0) is 9.63 Å². The molecule has 1 saturated carbocycles. The van der Waals surface area contributed by atoms with Gasteiger partial charge in [-0.15, -0.1) is 0 Å². The largest absolute Gasteiger partial charge is 0.389 e. The van der Waals surface area contributed by atoms with E-state index in [0.717, 1.165) is 32.1 Å². The molecule has 2 rings (SSSR count). The Morgan fingerprint density at radius 1 is 1.57 bits per heavy atom. The number of rotatable bonds is 1. The van der Waals surface area contributed by atoms with E-state index < -0.39 is 0 Å². The summed E-state index contributed by atoms with van der Waals surface area (Å²) in [6, 6.07) is 0. The second-order valence-corrected chi connectivity index (χ2v) is 4.15. The van der Waals surface area contributed by atoms with E-state index in [1.165, 1.54) is 0 Å². The van der Waals surface area contributed by atoms with Gasteiger partial charge in [-0.1, -0.05) is 5.16 Å². The summed E-state index contributed by atoms with van der Waals surface area (Å²) in [6.45, 7) is 0. The molecule has 14 heavy (non-hydrogen) atoms. The Kier molecular flexibility index (Phi) is 2.44. The molecule has 0 aromatic carbocycles. The zero-order chi connectivity index (χ0) is 10.0. The van der Waals surface area contributed by atoms with Crippen molar-refractivity contribution < 1.29 is 9.63 Å². The minimum absolute atomic E-state index is 0.0650. The molecule has 2 aliphatic rings. The van der Waals surface area contributed by atoms with Crippen LogP contribution in [0.2, 0.25) is 0 Å². The summed E-state index contributed by atoms with van der Waals surface area (Å²) in [5, 5.41) is 6.53. The lowest BCUT2D eigenvalue weighted by Crippen LogP contribution is -2.38. The van der Waals surface area contributed by atoms with Crippen LogP contribution in [0.3, 0.4) is 0 Å². The van der Waals surface area contributed by atoms with E-state index >= 15 is 0 Å². The van der Waals surface area contributed by atoms with Crippen molar-refractivity contribution >= 4 is 12.1 Å². The van der Waals surface area contributed by atoms with Crippen molar-refractivity contribution in [3.8, 4) is 0 Å². The van der Waals surface area contributed by atoms with Crippen molar-refractivity contribution in [2.24, 2.45) is 11.1 Å². The molecule has 0 unspecified atom stereocenters. The van der Waals surface area contributed by atoms with Crippen molar-refractivity contribution in [1.82, 2.24) is 5.32 Å². The van der Waals surface area contributed by atoms with Crippen LogP contribution in [0.4, 0.5) is 0 Å². The van der Waals surface area contributed by atoms with Gasteiger partial charge < -0.3 is 10.2 Å². The molecule has 4 heteroatoms. The Hall–Kier alpha value is -1.06. The van der Waals surface area contributed by atoms with Gasteiger partial charge in [0.1, 0.15) is 5.60 Å². The molecular formula is C10H16N2O2. The summed E-state index contributed by atoms with van der Waals surface area (Å²) in [4.78, 5) is 16.8. The quantitative estimate of drug-likeness (QED) is 0.682. The van der Waals surface area contributed by atoms with Gasteiger partial charge in [0, 0.05) is 25.6 Å². The maximum atomic E-state index is 11.4. The van der Waals surface area contributed by atoms with E-state index in [-0.39, 0.29) is 17.4 Å². The highest BCUT2D eigenvalue weighted by molar-refractivity contribution is 5.78. The summed E-state index contributed by atoms with van der Waals surface area (Å²) in [6.07, 6.45) is 6.48. The van der Waals surface area contributed by atoms with E-state index in [9.17, 15) is 4.79 Å². The standard InChI is InChI=1S/C10H16N2O2/c1-11-9(13)8-2-4-10(5-3-8)6-7-12-14-10/h7-8H,2-6H2,1H3,(H,11,13). The van der Waals surface area contributed by atoms with E-state index in [1.807, 2.05) is 6.21 Å². The van der Waals surface area contributed by atoms with Gasteiger partial charge >= 0.3 is 0 Å². The number of hydrogen-bond acceptors (Lipinski definition) is 3. The highest BCUT2D eigenvalue weighted by atomic mass is 16.7. The molecule has 0 atom stereocenters. The molecule has 0 aromatic heterocycles. The van der Waals surface area contributed by atoms with Crippen molar-refractivity contribution in [2.75, 3.05) is 7.05 Å². The van der Waals surface area contributed by atoms with Gasteiger partial charge in [-0.3, -0.25) is 4.79 Å². The van der Waals surface area contributed by atoms with Gasteiger partial charge in [-0.2, -0.15) is 0 Å². The smallest absolute Gasteiger partial charge is 0.222 e. The molecule has 1 amide bonds. The lowest BCUT2D eigenvalue weighted by Gasteiger charge is -2.33. The predicted octanol–water partition coefficient (Wildman–Crippen LogP) is 1.07. The lowest BCUT2D eigenvalue weighted by atomic mass is 9.77. The lowest BCUT2D eigenvalue weighted by molar-refractivity contribution is -0.128. The normalized spacial score (nSPS) is 35.6. The van der Waals surface area contributed by atoms with Crippen molar-refractivity contribution in [1.29, 1.82) is 0 Å². The Morgan fingerprint density at radius 2 is 2.29 bits per heavy atom. The third-order valence-corrected chi connectivity index (χ3v) is 3.30. The van der Waals surface area contributed by atoms with Crippen LogP contribution in [0.25, 0.3) is 0 Å². The number of carbonyl (C=O) groups excluding carboxylic acids is 1. The van der Waals surface area contributed by atoms with E-state index in [4.69, 9.17) is 4.84 Å². The number of carbonyl (C=O) groups is 1. The Balaban J connectivity index is 1.89. The first kappa shape index (κ1) is 9.49. The fraction of sp³-hybridized carbons (Fsp3) is 0.800. The van der Waals surface area contributed by atoms with Gasteiger partial charge in [-0.05, 0) is 25.7 Å². The van der Waals surface area contributed by atoms with Crippen molar-refractivity contribution in [3.63, 3.8) is 0 Å². The highest BCUT2D eigenvalue weighted by Gasteiger charge is 2.40. The van der Waals surface area contributed by atoms with E-state index in [1.54, 1.807) is 7.05 Å². The highest BCUT2D eigenvalue weighted by Crippen LogP contribution is 2.39. The van der Waals surface area contributed by atoms with Crippen LogP contribution in [-0.4, -0.2) is 24.8 Å². The molecule has 0 aromatic rings. The molecule has 0 bridgehead atoms. The molecule has 1 aliphatic heterocycles. The fourth-order valence-electron chi connectivity index (χ4n) is 2.30. The van der Waals surface area contributed by atoms with E-state index in [2.05, 4.69) is 10.5 Å². The van der Waals surface area contributed by atoms with Crippen molar-refractivity contribution in [3.05, 3.63) is 0 Å². The van der Waals surface area contributed by atoms with Crippen LogP contribution in [0.1, 0.15) is 32.1 Å². The SMILES string of the molecule is CNC(=O)C1CCC2(CC=NO2)CC1. The number of amides is 1. The van der Waals surface area contributed by atoms with Crippen LogP contribution < -0.4 is 5.32 Å². The average molecular weight is 196 g/mol. The van der Waals surface area contributed by atoms with Crippen LogP contribution in [0.15, 0.2) is 5.16 Å². The first-order valence-corrected chi connectivity index (χ1v) is 5.17. The third kappa shape index (κ3) is 1.61. The molecule has 78 valence electrons. The molecule has 1 fully saturated rings. The minimum Gasteiger partial charge on any atom is -0.389 e. The van der Waals surface area contributed by atoms with Crippen molar-refractivity contribution in [2.45, 2.75) is 37.7 Å². The number of oxime groups is 1. The topological polar surface area (TPSA) is 50.7 Å². The van der Waals surface area contributed by atoms with Crippen LogP contribution >= 0.6 is 0 Å². The van der Waals surface area contributed by atoms with E-state index in [0.29, 0.717) is 0 Å². The summed E-state index contributed by atoms with van der Waals surface area (Å²) in [5.74, 6) is 0.341. The number of hydrogen-bond donors (Lipinski definition) is 1. The molecular weight excluding hydrogens is 180 g/mol. The zero-order valence-corrected chi connectivity index (χ0v) is 8.45. The molecule has 1 N–H and O–H groups in total. The summed E-state index contributed by atoms with van der Waals surface area (Å²) in [7, 11) is 1.70. The summed E-state index contributed by atoms with van der Waals surface area (Å²) in [5.41, 5.74) is -0.0650. The molecule has 0 radical (unpaired) electrons. The number of nitrogens with zero attached hydrogens (tertiary/aromatic N) is 1. The number of nitrogens with one attached hydrogen (secondary N) is 1. The Labute approximate surface area is 83.7 Å². The Bertz CT molecular complexity index is 245. The average Bonchev–Trinajstić information content (AvgIpc) is 2.67. The third-order valence-electron chi connectivity index (χ3n) is 3.30. The molecule has 1 heterocycles. The first-order valence-electron chi connectivity index (χ1n) is 5.17. The molecule has 0 saturated heterocycles. The van der Waals surface area contributed by atoms with Crippen LogP contribution in [0.5, 0.6) is 0 Å². The maximum absolute atomic E-state index is 11.4. The predicted molar refractivity (Wildman–Crippen MR) is 52.9 cm³/mol. The van der Waals surface area contributed by atoms with Gasteiger partial charge in [0.2, 0.25) is 5.91 Å². The summed E-state index contributed by atoms with van der Waals surface area (Å²) < 4.78 is 0. The second-order valence-electron chi connectivity index (χ2n) is 4.15. The Morgan fingerprint density at radius 3 is 2.79 bits per heavy atom. The molecule has 1 aliphatic carbocycles. The van der Waals surface area contributed by atoms with Gasteiger partial charge in [0.05, 0.1) is 0 Å². The monoisotopic (exact) mass is 196 g/mol. The van der Waals surface area contributed by atoms with Gasteiger partial charge in [0.25, 0.3) is 0 Å². The zero-order valence-electron chi connectivity index (χ0n) is 8.45. The fourth-order valence-corrected chi connectivity index (χ4v) is 2.30. The van der Waals surface area contributed by atoms with Crippen LogP contribution in [0, 0.1) is 5.92 Å². The molecule has 4 nitrogen and oxygen atoms in total. The van der Waals surface area contributed by atoms with Gasteiger partial charge in [-0.25, -0.2) is 0 Å². The van der Waals surface area contributed by atoms with Gasteiger partial charge in [0.15, 0.2) is 0 Å². The second kappa shape index (κ2) is 3.59. The first-order chi connectivity index (χ1) is 6.76. The maximum Gasteiger partial charge on any atom is 0.222 e. The molecule has 1 spiro atoms. The minimum atomic E-state index is -0.0650.